The zero-order valence-electron chi connectivity index (χ0n) is 13.1. The van der Waals surface area contributed by atoms with Crippen molar-refractivity contribution in [3.8, 4) is 0 Å². The molecule has 1 aromatic carbocycles. The molecule has 0 fully saturated rings. The van der Waals surface area contributed by atoms with Gasteiger partial charge in [0.2, 0.25) is 5.91 Å². The molecule has 0 aromatic heterocycles. The van der Waals surface area contributed by atoms with E-state index in [1.807, 2.05) is 36.9 Å². The molecule has 2 rings (SSSR count). The smallest absolute Gasteiger partial charge is 0.229 e. The molecule has 1 aliphatic heterocycles. The molecular formula is C17H24N2O2. The summed E-state index contributed by atoms with van der Waals surface area (Å²) in [5.74, 6) is 0.247. The van der Waals surface area contributed by atoms with E-state index in [0.29, 0.717) is 19.4 Å². The molecule has 0 radical (unpaired) electrons. The van der Waals surface area contributed by atoms with E-state index in [0.717, 1.165) is 23.2 Å². The number of anilines is 1. The van der Waals surface area contributed by atoms with Crippen molar-refractivity contribution in [2.24, 2.45) is 11.7 Å². The highest BCUT2D eigenvalue weighted by atomic mass is 16.2. The van der Waals surface area contributed by atoms with E-state index in [1.54, 1.807) is 0 Å². The number of nitrogens with zero attached hydrogens (tertiary/aromatic N) is 1. The van der Waals surface area contributed by atoms with Gasteiger partial charge in [0.25, 0.3) is 0 Å². The molecule has 4 heteroatoms. The number of amides is 1. The van der Waals surface area contributed by atoms with Crippen LogP contribution in [0, 0.1) is 5.92 Å². The minimum Gasteiger partial charge on any atom is -0.330 e. The number of nitrogens with two attached hydrogens (primary N) is 1. The third kappa shape index (κ3) is 3.16. The first-order valence-electron chi connectivity index (χ1n) is 7.65. The molecular weight excluding hydrogens is 264 g/mol. The van der Waals surface area contributed by atoms with Crippen molar-refractivity contribution in [1.82, 2.24) is 0 Å². The molecule has 2 N–H and O–H groups in total. The van der Waals surface area contributed by atoms with Crippen LogP contribution in [0.5, 0.6) is 0 Å². The van der Waals surface area contributed by atoms with E-state index < -0.39 is 0 Å². The number of rotatable bonds is 5. The average Bonchev–Trinajstić information content (AvgIpc) is 2.78. The maximum atomic E-state index is 12.3. The third-order valence-corrected chi connectivity index (χ3v) is 3.96. The van der Waals surface area contributed by atoms with Crippen molar-refractivity contribution in [1.29, 1.82) is 0 Å². The maximum absolute atomic E-state index is 12.3. The summed E-state index contributed by atoms with van der Waals surface area (Å²) in [6.45, 7) is 6.41. The second-order valence-corrected chi connectivity index (χ2v) is 6.07. The van der Waals surface area contributed by atoms with Gasteiger partial charge in [-0.2, -0.15) is 0 Å². The lowest BCUT2D eigenvalue weighted by atomic mass is 10.0. The number of Topliss-reactive ketones (excluding diaryl/α,β-unsaturated/α-hetero) is 1. The Kier molecular flexibility index (Phi) is 4.78. The van der Waals surface area contributed by atoms with Crippen LogP contribution in [0.15, 0.2) is 18.2 Å². The zero-order chi connectivity index (χ0) is 15.6. The quantitative estimate of drug-likeness (QED) is 0.847. The average molecular weight is 288 g/mol. The Labute approximate surface area is 126 Å². The van der Waals surface area contributed by atoms with E-state index in [9.17, 15) is 9.59 Å². The number of hydrogen-bond acceptors (Lipinski definition) is 3. The van der Waals surface area contributed by atoms with E-state index in [4.69, 9.17) is 5.73 Å². The van der Waals surface area contributed by atoms with Crippen molar-refractivity contribution in [2.75, 3.05) is 11.4 Å². The molecule has 1 amide bonds. The van der Waals surface area contributed by atoms with Crippen molar-refractivity contribution in [3.05, 3.63) is 29.3 Å². The highest BCUT2D eigenvalue weighted by Crippen LogP contribution is 2.34. The molecule has 21 heavy (non-hydrogen) atoms. The van der Waals surface area contributed by atoms with Crippen molar-refractivity contribution < 1.29 is 9.59 Å². The van der Waals surface area contributed by atoms with Gasteiger partial charge in [-0.3, -0.25) is 9.59 Å². The van der Waals surface area contributed by atoms with Crippen molar-refractivity contribution >= 4 is 17.4 Å². The number of benzene rings is 1. The lowest BCUT2D eigenvalue weighted by Gasteiger charge is -2.24. The predicted molar refractivity (Wildman–Crippen MR) is 84.6 cm³/mol. The molecule has 0 saturated heterocycles. The second-order valence-electron chi connectivity index (χ2n) is 6.07. The van der Waals surface area contributed by atoms with E-state index in [-0.39, 0.29) is 23.7 Å². The summed E-state index contributed by atoms with van der Waals surface area (Å²) >= 11 is 0. The fraction of sp³-hybridized carbons (Fsp3) is 0.529. The van der Waals surface area contributed by atoms with Gasteiger partial charge in [0.1, 0.15) is 0 Å². The standard InChI is InChI=1S/C17H24N2O2/c1-11(2)17(21)19-12(3)9-14-10-13(6-7-15(14)19)16(20)5-4-8-18/h6-7,10-12H,4-5,8-9,18H2,1-3H3. The van der Waals surface area contributed by atoms with Crippen LogP contribution < -0.4 is 10.6 Å². The third-order valence-electron chi connectivity index (χ3n) is 3.96. The monoisotopic (exact) mass is 288 g/mol. The molecule has 1 unspecified atom stereocenters. The zero-order valence-corrected chi connectivity index (χ0v) is 13.1. The SMILES string of the molecule is CC(C)C(=O)N1c2ccc(C(=O)CCCN)cc2CC1C. The van der Waals surface area contributed by atoms with Crippen LogP contribution in [0.25, 0.3) is 0 Å². The van der Waals surface area contributed by atoms with Crippen LogP contribution in [0.4, 0.5) is 5.69 Å². The van der Waals surface area contributed by atoms with Crippen LogP contribution in [-0.4, -0.2) is 24.3 Å². The summed E-state index contributed by atoms with van der Waals surface area (Å²) in [4.78, 5) is 26.3. The van der Waals surface area contributed by atoms with Crippen molar-refractivity contribution in [3.63, 3.8) is 0 Å². The fourth-order valence-electron chi connectivity index (χ4n) is 2.83. The Hall–Kier alpha value is -1.68. The number of fused-ring (bicyclic) bond motifs is 1. The number of carbonyl (C=O) groups is 2. The summed E-state index contributed by atoms with van der Waals surface area (Å²) in [6, 6.07) is 5.84. The summed E-state index contributed by atoms with van der Waals surface area (Å²) in [7, 11) is 0. The minimum atomic E-state index is -0.0238. The summed E-state index contributed by atoms with van der Waals surface area (Å²) < 4.78 is 0. The van der Waals surface area contributed by atoms with Gasteiger partial charge in [0.05, 0.1) is 0 Å². The summed E-state index contributed by atoms with van der Waals surface area (Å²) in [6.07, 6.45) is 2.01. The lowest BCUT2D eigenvalue weighted by Crippen LogP contribution is -2.38. The van der Waals surface area contributed by atoms with Gasteiger partial charge in [-0.25, -0.2) is 0 Å². The lowest BCUT2D eigenvalue weighted by molar-refractivity contribution is -0.121. The van der Waals surface area contributed by atoms with E-state index in [1.165, 1.54) is 0 Å². The Morgan fingerprint density at radius 3 is 2.71 bits per heavy atom. The Balaban J connectivity index is 2.25. The van der Waals surface area contributed by atoms with Crippen LogP contribution >= 0.6 is 0 Å². The topological polar surface area (TPSA) is 63.4 Å². The number of ketones is 1. The van der Waals surface area contributed by atoms with Crippen LogP contribution in [0.3, 0.4) is 0 Å². The molecule has 0 spiro atoms. The molecule has 1 aliphatic rings. The van der Waals surface area contributed by atoms with Gasteiger partial charge in [-0.15, -0.1) is 0 Å². The Bertz CT molecular complexity index is 552. The van der Waals surface area contributed by atoms with Gasteiger partial charge >= 0.3 is 0 Å². The normalized spacial score (nSPS) is 17.2. The largest absolute Gasteiger partial charge is 0.330 e. The molecule has 1 atom stereocenters. The summed E-state index contributed by atoms with van der Waals surface area (Å²) in [5.41, 5.74) is 8.22. The predicted octanol–water partition coefficient (Wildman–Crippen LogP) is 2.54. The fourth-order valence-corrected chi connectivity index (χ4v) is 2.83. The second kappa shape index (κ2) is 6.39. The first-order valence-corrected chi connectivity index (χ1v) is 7.65. The highest BCUT2D eigenvalue weighted by molar-refractivity contribution is 6.00. The van der Waals surface area contributed by atoms with Crippen LogP contribution in [-0.2, 0) is 11.2 Å². The van der Waals surface area contributed by atoms with Crippen LogP contribution in [0.2, 0.25) is 0 Å². The van der Waals surface area contributed by atoms with Crippen molar-refractivity contribution in [2.45, 2.75) is 46.1 Å². The first kappa shape index (κ1) is 15.7. The highest BCUT2D eigenvalue weighted by Gasteiger charge is 2.32. The van der Waals surface area contributed by atoms with Gasteiger partial charge < -0.3 is 10.6 Å². The number of carbonyl (C=O) groups excluding carboxylic acids is 2. The molecule has 114 valence electrons. The molecule has 1 aromatic rings. The molecule has 0 saturated carbocycles. The van der Waals surface area contributed by atoms with Crippen LogP contribution in [0.1, 0.15) is 49.5 Å². The first-order chi connectivity index (χ1) is 9.95. The molecule has 4 nitrogen and oxygen atoms in total. The van der Waals surface area contributed by atoms with Gasteiger partial charge in [-0.05, 0) is 50.1 Å². The van der Waals surface area contributed by atoms with E-state index >= 15 is 0 Å². The van der Waals surface area contributed by atoms with Gasteiger partial charge in [0, 0.05) is 29.6 Å². The molecule has 0 aliphatic carbocycles. The minimum absolute atomic E-state index is 0.0238. The number of hydrogen-bond donors (Lipinski definition) is 1. The maximum Gasteiger partial charge on any atom is 0.229 e. The summed E-state index contributed by atoms with van der Waals surface area (Å²) in [5, 5.41) is 0. The molecule has 1 heterocycles. The molecule has 0 bridgehead atoms. The Morgan fingerprint density at radius 2 is 2.10 bits per heavy atom. The van der Waals surface area contributed by atoms with E-state index in [2.05, 4.69) is 6.92 Å². The van der Waals surface area contributed by atoms with Gasteiger partial charge in [0.15, 0.2) is 5.78 Å². The van der Waals surface area contributed by atoms with Gasteiger partial charge in [-0.1, -0.05) is 13.8 Å². The Morgan fingerprint density at radius 1 is 1.38 bits per heavy atom.